The topological polar surface area (TPSA) is 66.6 Å². The third-order valence-electron chi connectivity index (χ3n) is 2.61. The lowest BCUT2D eigenvalue weighted by atomic mass is 10.1. The summed E-state index contributed by atoms with van der Waals surface area (Å²) in [7, 11) is 1.86. The van der Waals surface area contributed by atoms with Gasteiger partial charge in [-0.1, -0.05) is 11.6 Å². The quantitative estimate of drug-likeness (QED) is 0.638. The van der Waals surface area contributed by atoms with Crippen LogP contribution in [-0.2, 0) is 6.54 Å². The van der Waals surface area contributed by atoms with Crippen molar-refractivity contribution in [2.45, 2.75) is 26.0 Å². The third-order valence-corrected chi connectivity index (χ3v) is 2.85. The van der Waals surface area contributed by atoms with Gasteiger partial charge < -0.3 is 10.0 Å². The van der Waals surface area contributed by atoms with E-state index in [-0.39, 0.29) is 11.8 Å². The van der Waals surface area contributed by atoms with Gasteiger partial charge in [-0.2, -0.15) is 0 Å². The van der Waals surface area contributed by atoms with Gasteiger partial charge in [0.2, 0.25) is 0 Å². The molecule has 0 aromatic heterocycles. The molecule has 1 unspecified atom stereocenters. The Morgan fingerprint density at radius 2 is 2.22 bits per heavy atom. The zero-order valence-electron chi connectivity index (χ0n) is 10.5. The molecule has 0 bridgehead atoms. The molecule has 0 fully saturated rings. The number of benzene rings is 1. The summed E-state index contributed by atoms with van der Waals surface area (Å²) in [5.74, 6) is 0. The maximum Gasteiger partial charge on any atom is 0.275 e. The van der Waals surface area contributed by atoms with E-state index in [1.807, 2.05) is 11.9 Å². The van der Waals surface area contributed by atoms with Crippen molar-refractivity contribution in [2.24, 2.45) is 0 Å². The molecule has 0 heterocycles. The lowest BCUT2D eigenvalue weighted by molar-refractivity contribution is -0.385. The Hall–Kier alpha value is -1.17. The van der Waals surface area contributed by atoms with Gasteiger partial charge in [0.15, 0.2) is 0 Å². The summed E-state index contributed by atoms with van der Waals surface area (Å²) in [4.78, 5) is 12.4. The van der Waals surface area contributed by atoms with Crippen LogP contribution >= 0.6 is 11.6 Å². The number of hydrogen-bond donors (Lipinski definition) is 1. The normalized spacial score (nSPS) is 12.7. The molecule has 1 rings (SSSR count). The Bertz CT molecular complexity index is 424. The molecular formula is C12H17ClN2O3. The highest BCUT2D eigenvalue weighted by Gasteiger charge is 2.15. The highest BCUT2D eigenvalue weighted by molar-refractivity contribution is 6.30. The van der Waals surface area contributed by atoms with E-state index >= 15 is 0 Å². The Balaban J connectivity index is 2.74. The van der Waals surface area contributed by atoms with Crippen LogP contribution < -0.4 is 0 Å². The average Bonchev–Trinajstić information content (AvgIpc) is 2.28. The zero-order valence-corrected chi connectivity index (χ0v) is 11.2. The second-order valence-corrected chi connectivity index (χ2v) is 4.84. The molecule has 0 saturated carbocycles. The highest BCUT2D eigenvalue weighted by atomic mass is 35.5. The number of hydrogen-bond acceptors (Lipinski definition) is 4. The first-order chi connectivity index (χ1) is 8.40. The average molecular weight is 273 g/mol. The van der Waals surface area contributed by atoms with E-state index in [2.05, 4.69) is 0 Å². The van der Waals surface area contributed by atoms with Gasteiger partial charge >= 0.3 is 0 Å². The summed E-state index contributed by atoms with van der Waals surface area (Å²) >= 11 is 5.75. The fraction of sp³-hybridized carbons (Fsp3) is 0.500. The van der Waals surface area contributed by atoms with E-state index in [1.54, 1.807) is 19.1 Å². The van der Waals surface area contributed by atoms with Crippen molar-refractivity contribution in [3.63, 3.8) is 0 Å². The minimum atomic E-state index is -0.427. The van der Waals surface area contributed by atoms with Gasteiger partial charge in [0.05, 0.1) is 11.0 Å². The highest BCUT2D eigenvalue weighted by Crippen LogP contribution is 2.24. The largest absolute Gasteiger partial charge is 0.393 e. The van der Waals surface area contributed by atoms with Crippen molar-refractivity contribution < 1.29 is 10.0 Å². The maximum atomic E-state index is 10.9. The predicted molar refractivity (Wildman–Crippen MR) is 70.7 cm³/mol. The van der Waals surface area contributed by atoms with E-state index in [0.717, 1.165) is 0 Å². The fourth-order valence-corrected chi connectivity index (χ4v) is 1.78. The number of nitro groups is 1. The molecule has 0 aliphatic rings. The van der Waals surface area contributed by atoms with Gasteiger partial charge in [0.25, 0.3) is 5.69 Å². The number of nitro benzene ring substituents is 1. The smallest absolute Gasteiger partial charge is 0.275 e. The SMILES string of the molecule is CC(O)CCN(C)Cc1ccc(Cl)cc1[N+](=O)[O-]. The Labute approximate surface area is 111 Å². The summed E-state index contributed by atoms with van der Waals surface area (Å²) < 4.78 is 0. The number of aliphatic hydroxyl groups is 1. The maximum absolute atomic E-state index is 10.9. The second-order valence-electron chi connectivity index (χ2n) is 4.41. The summed E-state index contributed by atoms with van der Waals surface area (Å²) in [6.07, 6.45) is 0.269. The summed E-state index contributed by atoms with van der Waals surface area (Å²) in [5.41, 5.74) is 0.656. The van der Waals surface area contributed by atoms with Gasteiger partial charge in [-0.25, -0.2) is 0 Å². The Morgan fingerprint density at radius 1 is 1.56 bits per heavy atom. The van der Waals surface area contributed by atoms with Crippen LogP contribution in [0.25, 0.3) is 0 Å². The van der Waals surface area contributed by atoms with Crippen LogP contribution in [-0.4, -0.2) is 34.6 Å². The Kier molecular flexibility index (Phi) is 5.53. The molecule has 0 amide bonds. The lowest BCUT2D eigenvalue weighted by Crippen LogP contribution is -2.22. The molecule has 1 aromatic carbocycles. The van der Waals surface area contributed by atoms with Gasteiger partial charge in [0.1, 0.15) is 0 Å². The number of rotatable bonds is 6. The molecule has 0 aliphatic carbocycles. The fourth-order valence-electron chi connectivity index (χ4n) is 1.62. The second kappa shape index (κ2) is 6.68. The predicted octanol–water partition coefficient (Wildman–Crippen LogP) is 2.45. The van der Waals surface area contributed by atoms with Crippen molar-refractivity contribution in [1.29, 1.82) is 0 Å². The van der Waals surface area contributed by atoms with Crippen LogP contribution in [0.3, 0.4) is 0 Å². The lowest BCUT2D eigenvalue weighted by Gasteiger charge is -2.17. The van der Waals surface area contributed by atoms with E-state index in [1.165, 1.54) is 6.07 Å². The number of aliphatic hydroxyl groups excluding tert-OH is 1. The summed E-state index contributed by atoms with van der Waals surface area (Å²) in [5, 5.41) is 20.5. The van der Waals surface area contributed by atoms with Gasteiger partial charge in [-0.05, 0) is 32.5 Å². The van der Waals surface area contributed by atoms with Crippen molar-refractivity contribution in [2.75, 3.05) is 13.6 Å². The van der Waals surface area contributed by atoms with Crippen LogP contribution in [0.4, 0.5) is 5.69 Å². The van der Waals surface area contributed by atoms with Crippen LogP contribution in [0.2, 0.25) is 5.02 Å². The molecular weight excluding hydrogens is 256 g/mol. The first-order valence-electron chi connectivity index (χ1n) is 5.69. The standard InChI is InChI=1S/C12H17ClN2O3/c1-9(16)5-6-14(2)8-10-3-4-11(13)7-12(10)15(17)18/h3-4,7,9,16H,5-6,8H2,1-2H3. The van der Waals surface area contributed by atoms with Crippen molar-refractivity contribution >= 4 is 17.3 Å². The minimum absolute atomic E-state index is 0.0337. The van der Waals surface area contributed by atoms with Crippen molar-refractivity contribution in [3.8, 4) is 0 Å². The van der Waals surface area contributed by atoms with Gasteiger partial charge in [0, 0.05) is 29.7 Å². The zero-order chi connectivity index (χ0) is 13.7. The number of halogens is 1. The molecule has 0 aliphatic heterocycles. The van der Waals surface area contributed by atoms with Crippen LogP contribution in [0.1, 0.15) is 18.9 Å². The van der Waals surface area contributed by atoms with E-state index < -0.39 is 4.92 Å². The van der Waals surface area contributed by atoms with Gasteiger partial charge in [-0.3, -0.25) is 10.1 Å². The minimum Gasteiger partial charge on any atom is -0.393 e. The summed E-state index contributed by atoms with van der Waals surface area (Å²) in [6, 6.07) is 4.67. The first-order valence-corrected chi connectivity index (χ1v) is 6.07. The van der Waals surface area contributed by atoms with E-state index in [4.69, 9.17) is 11.6 Å². The molecule has 100 valence electrons. The van der Waals surface area contributed by atoms with Crippen molar-refractivity contribution in [3.05, 3.63) is 38.9 Å². The van der Waals surface area contributed by atoms with Crippen LogP contribution in [0.5, 0.6) is 0 Å². The van der Waals surface area contributed by atoms with Crippen molar-refractivity contribution in [1.82, 2.24) is 4.90 Å². The molecule has 5 nitrogen and oxygen atoms in total. The molecule has 6 heteroatoms. The first kappa shape index (κ1) is 14.9. The molecule has 0 saturated heterocycles. The number of nitrogens with zero attached hydrogens (tertiary/aromatic N) is 2. The molecule has 0 radical (unpaired) electrons. The van der Waals surface area contributed by atoms with Gasteiger partial charge in [-0.15, -0.1) is 0 Å². The molecule has 0 spiro atoms. The Morgan fingerprint density at radius 3 is 2.78 bits per heavy atom. The molecule has 1 atom stereocenters. The van der Waals surface area contributed by atoms with Crippen LogP contribution in [0.15, 0.2) is 18.2 Å². The third kappa shape index (κ3) is 4.60. The van der Waals surface area contributed by atoms with E-state index in [9.17, 15) is 15.2 Å². The summed E-state index contributed by atoms with van der Waals surface area (Å²) in [6.45, 7) is 2.86. The molecule has 18 heavy (non-hydrogen) atoms. The van der Waals surface area contributed by atoms with E-state index in [0.29, 0.717) is 30.1 Å². The monoisotopic (exact) mass is 272 g/mol. The molecule has 1 N–H and O–H groups in total. The molecule has 1 aromatic rings. The van der Waals surface area contributed by atoms with Crippen LogP contribution in [0, 0.1) is 10.1 Å².